The summed E-state index contributed by atoms with van der Waals surface area (Å²) in [7, 11) is 0. The first-order chi connectivity index (χ1) is 39.1. The van der Waals surface area contributed by atoms with Crippen LogP contribution in [0.5, 0.6) is 0 Å². The van der Waals surface area contributed by atoms with Crippen molar-refractivity contribution < 1.29 is 31.8 Å². The molecule has 0 N–H and O–H groups in total. The second kappa shape index (κ2) is 13.8. The molecule has 13 rings (SSSR count). The Morgan fingerprint density at radius 1 is 0.500 bits per heavy atom. The maximum Gasteiger partial charge on any atom is 0.137 e. The van der Waals surface area contributed by atoms with E-state index in [-0.39, 0.29) is 5.69 Å². The number of hydrogen-bond acceptors (Lipinski definition) is 3. The van der Waals surface area contributed by atoms with Crippen LogP contribution in [0.1, 0.15) is 27.4 Å². The number of hydrogen-bond donors (Lipinski definition) is 0. The number of anilines is 3. The Morgan fingerprint density at radius 2 is 1.23 bits per heavy atom. The minimum absolute atomic E-state index is 0.302. The summed E-state index contributed by atoms with van der Waals surface area (Å²) in [6.45, 7) is 0. The SMILES string of the molecule is [2H]c1c([2H])c([2H])c(-c2c([2H])c(-c3c([2H])c([2H])c([2H])c([2H])c3[2H])c3c(c2[2H])c2c([2H])c(N(c4ccc5c(c4)oc4ccccc45)c4cccc5sc6c7ccccc7ccc6c45)c([2H])c([2H])c2n3-c2c([2H])c([2H])c([2H])c([2H])c2[2H])c([2H])c1[2H]. The summed E-state index contributed by atoms with van der Waals surface area (Å²) in [4.78, 5) is 1.60. The Morgan fingerprint density at radius 3 is 2.06 bits per heavy atom. The average Bonchev–Trinajstić information content (AvgIpc) is 1.61. The van der Waals surface area contributed by atoms with Crippen molar-refractivity contribution in [3.63, 3.8) is 0 Å². The van der Waals surface area contributed by atoms with Crippen LogP contribution in [0.15, 0.2) is 222 Å². The van der Waals surface area contributed by atoms with Gasteiger partial charge in [-0.2, -0.15) is 0 Å². The molecule has 290 valence electrons. The maximum absolute atomic E-state index is 10.7. The van der Waals surface area contributed by atoms with Gasteiger partial charge in [-0.3, -0.25) is 0 Å². The summed E-state index contributed by atoms with van der Waals surface area (Å²) in [6, 6.07) is 12.8. The van der Waals surface area contributed by atoms with E-state index in [0.717, 1.165) is 40.9 Å². The van der Waals surface area contributed by atoms with Gasteiger partial charge in [-0.15, -0.1) is 11.3 Å². The van der Waals surface area contributed by atoms with Crippen molar-refractivity contribution in [2.75, 3.05) is 4.90 Å². The van der Waals surface area contributed by atoms with E-state index in [1.165, 1.54) is 11.3 Å². The van der Waals surface area contributed by atoms with E-state index in [0.29, 0.717) is 27.9 Å². The van der Waals surface area contributed by atoms with Crippen LogP contribution in [0.4, 0.5) is 17.1 Å². The molecule has 0 saturated carbocycles. The molecule has 3 heterocycles. The van der Waals surface area contributed by atoms with Crippen LogP contribution >= 0.6 is 11.3 Å². The van der Waals surface area contributed by atoms with E-state index < -0.39 is 171 Å². The highest BCUT2D eigenvalue weighted by molar-refractivity contribution is 7.26. The summed E-state index contributed by atoms with van der Waals surface area (Å²) in [5.74, 6) is 0. The first-order valence-electron chi connectivity index (χ1n) is 29.5. The lowest BCUT2D eigenvalue weighted by atomic mass is 9.95. The zero-order chi connectivity index (χ0) is 58.1. The predicted molar refractivity (Wildman–Crippen MR) is 264 cm³/mol. The summed E-state index contributed by atoms with van der Waals surface area (Å²) in [5.41, 5.74) is -3.41. The molecule has 0 spiro atoms. The molecule has 10 aromatic carbocycles. The highest BCUT2D eigenvalue weighted by atomic mass is 32.1. The Labute approximate surface area is 389 Å². The topological polar surface area (TPSA) is 21.3 Å². The summed E-state index contributed by atoms with van der Waals surface area (Å²) in [6.07, 6.45) is 0. The molecule has 0 amide bonds. The molecule has 13 aromatic rings. The minimum Gasteiger partial charge on any atom is -0.456 e. The van der Waals surface area contributed by atoms with Crippen LogP contribution in [0, 0.1) is 0 Å². The Kier molecular flexibility index (Phi) is 4.58. The van der Waals surface area contributed by atoms with Gasteiger partial charge in [0.2, 0.25) is 0 Å². The number of benzene rings is 10. The van der Waals surface area contributed by atoms with Gasteiger partial charge in [0.25, 0.3) is 0 Å². The number of rotatable bonds is 6. The van der Waals surface area contributed by atoms with Crippen molar-refractivity contribution in [1.29, 1.82) is 0 Å². The molecule has 0 unspecified atom stereocenters. The van der Waals surface area contributed by atoms with Crippen LogP contribution in [0.25, 0.3) is 103 Å². The molecular formula is C58H36N2OS. The van der Waals surface area contributed by atoms with Crippen molar-refractivity contribution in [2.45, 2.75) is 0 Å². The quantitative estimate of drug-likeness (QED) is 0.166. The van der Waals surface area contributed by atoms with Gasteiger partial charge in [0, 0.05) is 70.4 Å². The Balaban J connectivity index is 1.29. The van der Waals surface area contributed by atoms with Crippen LogP contribution in [-0.4, -0.2) is 4.57 Å². The number of aromatic nitrogens is 1. The molecule has 0 aliphatic carbocycles. The number of thiophene rings is 1. The molecule has 3 nitrogen and oxygen atoms in total. The van der Waals surface area contributed by atoms with E-state index in [9.17, 15) is 15.1 Å². The third kappa shape index (κ3) is 5.37. The molecule has 4 heteroatoms. The van der Waals surface area contributed by atoms with Crippen molar-refractivity contribution in [3.05, 3.63) is 218 Å². The molecule has 0 atom stereocenters. The van der Waals surface area contributed by atoms with Crippen LogP contribution in [0.3, 0.4) is 0 Å². The molecule has 0 aliphatic rings. The van der Waals surface area contributed by atoms with E-state index >= 15 is 0 Å². The molecule has 0 fully saturated rings. The Bertz CT molecular complexity index is 5000. The molecule has 0 bridgehead atoms. The third-order valence-electron chi connectivity index (χ3n) is 11.1. The van der Waals surface area contributed by atoms with Crippen LogP contribution in [0.2, 0.25) is 0 Å². The van der Waals surface area contributed by atoms with Gasteiger partial charge in [-0.05, 0) is 100 Å². The van der Waals surface area contributed by atoms with Gasteiger partial charge in [-0.25, -0.2) is 0 Å². The predicted octanol–water partition coefficient (Wildman–Crippen LogP) is 17.0. The zero-order valence-corrected chi connectivity index (χ0v) is 32.8. The van der Waals surface area contributed by atoms with Crippen LogP contribution < -0.4 is 4.90 Å². The summed E-state index contributed by atoms with van der Waals surface area (Å²) >= 11 is 1.51. The van der Waals surface area contributed by atoms with Gasteiger partial charge in [0.05, 0.1) is 44.1 Å². The highest BCUT2D eigenvalue weighted by Crippen LogP contribution is 2.49. The second-order valence-electron chi connectivity index (χ2n) is 14.5. The lowest BCUT2D eigenvalue weighted by Crippen LogP contribution is -2.10. The molecule has 3 aromatic heterocycles. The second-order valence-corrected chi connectivity index (χ2v) is 15.6. The van der Waals surface area contributed by atoms with Crippen molar-refractivity contribution >= 4 is 103 Å². The smallest absolute Gasteiger partial charge is 0.137 e. The first kappa shape index (κ1) is 20.6. The fourth-order valence-corrected chi connectivity index (χ4v) is 9.75. The first-order valence-corrected chi connectivity index (χ1v) is 20.3. The van der Waals surface area contributed by atoms with Crippen molar-refractivity contribution in [1.82, 2.24) is 4.57 Å². The largest absolute Gasteiger partial charge is 0.456 e. The van der Waals surface area contributed by atoms with Crippen molar-refractivity contribution in [3.8, 4) is 27.9 Å². The zero-order valence-electron chi connectivity index (χ0n) is 51.9. The van der Waals surface area contributed by atoms with Gasteiger partial charge in [0.15, 0.2) is 0 Å². The van der Waals surface area contributed by atoms with Crippen molar-refractivity contribution in [2.24, 2.45) is 0 Å². The average molecular weight is 829 g/mol. The number of furan rings is 1. The Hall–Kier alpha value is -7.92. The fraction of sp³-hybridized carbons (Fsp3) is 0. The lowest BCUT2D eigenvalue weighted by Gasteiger charge is -2.26. The van der Waals surface area contributed by atoms with Gasteiger partial charge in [0.1, 0.15) is 11.2 Å². The van der Waals surface area contributed by atoms with E-state index in [1.54, 1.807) is 29.2 Å². The number of fused-ring (bicyclic) bond motifs is 11. The summed E-state index contributed by atoms with van der Waals surface area (Å²) in [5, 5.41) is 3.96. The minimum atomic E-state index is -0.959. The van der Waals surface area contributed by atoms with Gasteiger partial charge >= 0.3 is 0 Å². The van der Waals surface area contributed by atoms with Gasteiger partial charge in [-0.1, -0.05) is 139 Å². The number of para-hydroxylation sites is 2. The monoisotopic (exact) mass is 828 g/mol. The molecule has 0 aliphatic heterocycles. The van der Waals surface area contributed by atoms with E-state index in [2.05, 4.69) is 0 Å². The normalized spacial score (nSPS) is 16.4. The highest BCUT2D eigenvalue weighted by Gasteiger charge is 2.24. The lowest BCUT2D eigenvalue weighted by molar-refractivity contribution is 0.669. The van der Waals surface area contributed by atoms with E-state index in [1.807, 2.05) is 72.8 Å². The standard InChI is InChI=1S/C58H36N2OS/c1-4-15-37(16-5-1)40-33-48(38-17-6-2-7-18-38)57-50(34-40)49-35-42(29-32-51(49)60(57)41-20-8-3-9-21-41)59(43-28-31-46-45-23-12-13-25-53(45)61-54(46)36-43)52-24-14-26-55-56(52)47-30-27-39-19-10-11-22-44(39)58(47)62-55/h1-36H/i1D,2D,3D,4D,5D,6D,7D,8D,9D,15D,16D,17D,18D,20D,21D,29D,32D,33D,34D,35D. The molecule has 0 saturated heterocycles. The maximum atomic E-state index is 10.7. The third-order valence-corrected chi connectivity index (χ3v) is 12.3. The molecule has 62 heavy (non-hydrogen) atoms. The van der Waals surface area contributed by atoms with Gasteiger partial charge < -0.3 is 13.9 Å². The van der Waals surface area contributed by atoms with E-state index in [4.69, 9.17) is 16.8 Å². The molecular weight excluding hydrogens is 773 g/mol. The van der Waals surface area contributed by atoms with Crippen LogP contribution in [-0.2, 0) is 0 Å². The fourth-order valence-electron chi connectivity index (χ4n) is 8.49. The number of nitrogens with zero attached hydrogens (tertiary/aromatic N) is 2. The summed E-state index contributed by atoms with van der Waals surface area (Å²) < 4.78 is 195. The molecule has 0 radical (unpaired) electrons.